The Morgan fingerprint density at radius 1 is 1.22 bits per heavy atom. The fourth-order valence-electron chi connectivity index (χ4n) is 5.91. The predicted molar refractivity (Wildman–Crippen MR) is 118 cm³/mol. The van der Waals surface area contributed by atoms with Gasteiger partial charge in [-0.1, -0.05) is 6.92 Å². The Morgan fingerprint density at radius 3 is 2.42 bits per heavy atom. The van der Waals surface area contributed by atoms with Gasteiger partial charge in [0.25, 0.3) is 5.91 Å². The summed E-state index contributed by atoms with van der Waals surface area (Å²) in [5.41, 5.74) is -1.14. The van der Waals surface area contributed by atoms with Crippen LogP contribution in [0.5, 0.6) is 5.75 Å². The highest BCUT2D eigenvalue weighted by atomic mass is 19.4. The molecule has 3 aliphatic carbocycles. The fourth-order valence-corrected chi connectivity index (χ4v) is 5.91. The molecule has 0 saturated heterocycles. The third kappa shape index (κ3) is 3.42. The molecule has 6 N–H and O–H groups in total. The van der Waals surface area contributed by atoms with E-state index < -0.39 is 98.7 Å². The van der Waals surface area contributed by atoms with Crippen molar-refractivity contribution >= 4 is 23.2 Å². The number of benzene rings is 1. The predicted octanol–water partition coefficient (Wildman–Crippen LogP) is 1.76. The first-order valence-corrected chi connectivity index (χ1v) is 11.3. The number of aromatic hydroxyl groups is 1. The fraction of sp³-hybridized carbons (Fsp3) is 0.458. The number of aliphatic hydroxyl groups is 3. The van der Waals surface area contributed by atoms with Crippen molar-refractivity contribution in [3.05, 3.63) is 45.7 Å². The Balaban J connectivity index is 1.98. The molecule has 9 nitrogen and oxygen atoms in total. The highest BCUT2D eigenvalue weighted by Gasteiger charge is 2.64. The van der Waals surface area contributed by atoms with Crippen LogP contribution in [0.25, 0.3) is 5.76 Å². The van der Waals surface area contributed by atoms with Gasteiger partial charge in [-0.2, -0.15) is 13.2 Å². The van der Waals surface area contributed by atoms with Gasteiger partial charge in [0.05, 0.1) is 17.2 Å². The second kappa shape index (κ2) is 8.34. The molecule has 36 heavy (non-hydrogen) atoms. The topological polar surface area (TPSA) is 161 Å². The molecule has 1 saturated carbocycles. The number of primary amides is 1. The number of carbonyl (C=O) groups is 3. The lowest BCUT2D eigenvalue weighted by Gasteiger charge is -2.50. The van der Waals surface area contributed by atoms with Crippen LogP contribution in [0, 0.1) is 11.8 Å². The number of hydrogen-bond donors (Lipinski definition) is 5. The Morgan fingerprint density at radius 2 is 1.86 bits per heavy atom. The summed E-state index contributed by atoms with van der Waals surface area (Å²) in [5, 5.41) is 43.6. The molecule has 0 spiro atoms. The largest absolute Gasteiger partial charge is 0.508 e. The summed E-state index contributed by atoms with van der Waals surface area (Å²) in [4.78, 5) is 40.5. The van der Waals surface area contributed by atoms with Gasteiger partial charge in [-0.15, -0.1) is 0 Å². The summed E-state index contributed by atoms with van der Waals surface area (Å²) in [5.74, 6) is -8.92. The normalized spacial score (nSPS) is 28.2. The molecule has 3 aliphatic rings. The molecule has 0 heterocycles. The minimum absolute atomic E-state index is 0.283. The molecule has 1 aromatic rings. The van der Waals surface area contributed by atoms with E-state index in [9.17, 15) is 48.0 Å². The van der Waals surface area contributed by atoms with E-state index in [0.29, 0.717) is 12.5 Å². The number of hydrogen-bond acceptors (Lipinski definition) is 8. The molecule has 1 amide bonds. The zero-order valence-corrected chi connectivity index (χ0v) is 19.4. The monoisotopic (exact) mass is 510 g/mol. The number of phenolic OH excluding ortho intramolecular Hbond substituents is 1. The molecule has 1 fully saturated rings. The zero-order chi connectivity index (χ0) is 26.9. The molecule has 0 radical (unpaired) electrons. The number of amides is 1. The quantitative estimate of drug-likeness (QED) is 0.383. The molecule has 0 aromatic heterocycles. The molecule has 4 atom stereocenters. The molecule has 12 heteroatoms. The summed E-state index contributed by atoms with van der Waals surface area (Å²) in [7, 11) is 1.51. The number of alkyl halides is 3. The van der Waals surface area contributed by atoms with Crippen molar-refractivity contribution in [2.75, 3.05) is 13.6 Å². The van der Waals surface area contributed by atoms with Gasteiger partial charge in [-0.3, -0.25) is 19.3 Å². The Kier molecular flexibility index (Phi) is 5.96. The Labute approximate surface area is 203 Å². The number of nitrogens with two attached hydrogens (primary N) is 1. The van der Waals surface area contributed by atoms with Crippen LogP contribution < -0.4 is 5.73 Å². The highest BCUT2D eigenvalue weighted by molar-refractivity contribution is 6.24. The summed E-state index contributed by atoms with van der Waals surface area (Å²) in [6.07, 6.45) is -4.99. The number of nitrogens with zero attached hydrogens (tertiary/aromatic N) is 1. The molecular formula is C24H25F3N2O7. The molecule has 1 aromatic carbocycles. The number of halogens is 3. The highest BCUT2D eigenvalue weighted by Crippen LogP contribution is 2.54. The minimum Gasteiger partial charge on any atom is -0.508 e. The summed E-state index contributed by atoms with van der Waals surface area (Å²) >= 11 is 0. The second-order valence-electron chi connectivity index (χ2n) is 9.46. The van der Waals surface area contributed by atoms with Gasteiger partial charge in [-0.05, 0) is 56.5 Å². The van der Waals surface area contributed by atoms with Crippen LogP contribution in [0.15, 0.2) is 29.0 Å². The average molecular weight is 510 g/mol. The van der Waals surface area contributed by atoms with Crippen LogP contribution in [-0.2, 0) is 27.0 Å². The SMILES string of the molecule is CCCN(C)[C@@H]1C(=O)C(C(N)=O)=C(O)[C@@]2(O)C(=O)C3=C(O)c4c(O)ccc(C(F)(F)F)c4C[C@H]3C[C@@H]12. The van der Waals surface area contributed by atoms with E-state index in [1.165, 1.54) is 11.9 Å². The third-order valence-electron chi connectivity index (χ3n) is 7.40. The van der Waals surface area contributed by atoms with Crippen molar-refractivity contribution in [2.24, 2.45) is 17.6 Å². The smallest absolute Gasteiger partial charge is 0.416 e. The number of Topliss-reactive ketones (excluding diaryl/α,β-unsaturated/α-hetero) is 2. The summed E-state index contributed by atoms with van der Waals surface area (Å²) < 4.78 is 41.2. The molecule has 0 aliphatic heterocycles. The Hall–Kier alpha value is -3.38. The van der Waals surface area contributed by atoms with Gasteiger partial charge in [0, 0.05) is 11.5 Å². The van der Waals surface area contributed by atoms with E-state index >= 15 is 0 Å². The van der Waals surface area contributed by atoms with Crippen LogP contribution in [-0.4, -0.2) is 68.0 Å². The maximum atomic E-state index is 13.7. The average Bonchev–Trinajstić information content (AvgIpc) is 2.75. The molecular weight excluding hydrogens is 485 g/mol. The van der Waals surface area contributed by atoms with Crippen LogP contribution in [0.1, 0.15) is 36.5 Å². The van der Waals surface area contributed by atoms with E-state index in [1.807, 2.05) is 0 Å². The number of aliphatic hydroxyl groups excluding tert-OH is 2. The first-order valence-electron chi connectivity index (χ1n) is 11.3. The van der Waals surface area contributed by atoms with E-state index in [0.717, 1.165) is 6.07 Å². The standard InChI is InChI=1S/C24H25F3N2O7/c1-3-6-29(2)17-12-8-9-7-10-11(24(25,26)27)4-5-13(30)15(10)18(31)14(9)20(33)23(12,36)21(34)16(19(17)32)22(28)35/h4-5,9,12,17,30-31,34,36H,3,6-8H2,1-2H3,(H2,28,35)/t9-,12-,17-,23-/m0/s1. The van der Waals surface area contributed by atoms with Crippen molar-refractivity contribution in [3.8, 4) is 5.75 Å². The summed E-state index contributed by atoms with van der Waals surface area (Å²) in [6.45, 7) is 2.09. The first kappa shape index (κ1) is 25.7. The molecule has 0 bridgehead atoms. The van der Waals surface area contributed by atoms with Gasteiger partial charge < -0.3 is 26.2 Å². The number of fused-ring (bicyclic) bond motifs is 3. The molecule has 4 rings (SSSR count). The third-order valence-corrected chi connectivity index (χ3v) is 7.40. The van der Waals surface area contributed by atoms with Gasteiger partial charge in [0.1, 0.15) is 22.8 Å². The molecule has 194 valence electrons. The van der Waals surface area contributed by atoms with E-state index in [2.05, 4.69) is 0 Å². The van der Waals surface area contributed by atoms with Gasteiger partial charge in [0.2, 0.25) is 5.78 Å². The van der Waals surface area contributed by atoms with Crippen LogP contribution in [0.2, 0.25) is 0 Å². The zero-order valence-electron chi connectivity index (χ0n) is 19.4. The molecule has 0 unspecified atom stereocenters. The van der Waals surface area contributed by atoms with E-state index in [4.69, 9.17) is 5.73 Å². The van der Waals surface area contributed by atoms with Gasteiger partial charge in [-0.25, -0.2) is 0 Å². The summed E-state index contributed by atoms with van der Waals surface area (Å²) in [6, 6.07) is 0.109. The number of rotatable bonds is 4. The van der Waals surface area contributed by atoms with Crippen molar-refractivity contribution in [1.29, 1.82) is 0 Å². The Bertz CT molecular complexity index is 1250. The minimum atomic E-state index is -4.82. The number of carbonyl (C=O) groups excluding carboxylic acids is 3. The maximum absolute atomic E-state index is 13.7. The van der Waals surface area contributed by atoms with Crippen molar-refractivity contribution in [2.45, 2.75) is 44.0 Å². The number of likely N-dealkylation sites (N-methyl/N-ethyl adjacent to an activating group) is 1. The lowest BCUT2D eigenvalue weighted by molar-refractivity contribution is -0.154. The first-order chi connectivity index (χ1) is 16.7. The van der Waals surface area contributed by atoms with Crippen molar-refractivity contribution in [3.63, 3.8) is 0 Å². The maximum Gasteiger partial charge on any atom is 0.416 e. The lowest BCUT2D eigenvalue weighted by atomic mass is 9.57. The van der Waals surface area contributed by atoms with Crippen LogP contribution in [0.3, 0.4) is 0 Å². The van der Waals surface area contributed by atoms with Crippen molar-refractivity contribution < 1.29 is 48.0 Å². The lowest BCUT2D eigenvalue weighted by Crippen LogP contribution is -2.66. The van der Waals surface area contributed by atoms with Crippen molar-refractivity contribution in [1.82, 2.24) is 4.90 Å². The van der Waals surface area contributed by atoms with Gasteiger partial charge in [0.15, 0.2) is 11.4 Å². The van der Waals surface area contributed by atoms with Gasteiger partial charge >= 0.3 is 6.18 Å². The number of ketones is 2. The number of phenols is 1. The van der Waals surface area contributed by atoms with Crippen LogP contribution in [0.4, 0.5) is 13.2 Å². The van der Waals surface area contributed by atoms with E-state index in [1.54, 1.807) is 6.92 Å². The van der Waals surface area contributed by atoms with E-state index in [-0.39, 0.29) is 13.0 Å². The van der Waals surface area contributed by atoms with Crippen LogP contribution >= 0.6 is 0 Å². The second-order valence-corrected chi connectivity index (χ2v) is 9.46.